The Morgan fingerprint density at radius 1 is 1.45 bits per heavy atom. The van der Waals surface area contributed by atoms with Crippen molar-refractivity contribution < 1.29 is 0 Å². The van der Waals surface area contributed by atoms with Gasteiger partial charge in [0.15, 0.2) is 0 Å². The van der Waals surface area contributed by atoms with Gasteiger partial charge in [0, 0.05) is 12.7 Å². The highest BCUT2D eigenvalue weighted by molar-refractivity contribution is 4.96. The SMILES string of the molecule is C=C(NC)C(CC)CCCC. The van der Waals surface area contributed by atoms with Crippen LogP contribution in [0.25, 0.3) is 0 Å². The first-order valence-electron chi connectivity index (χ1n) is 4.62. The van der Waals surface area contributed by atoms with Gasteiger partial charge >= 0.3 is 0 Å². The summed E-state index contributed by atoms with van der Waals surface area (Å²) in [5, 5.41) is 3.13. The van der Waals surface area contributed by atoms with E-state index < -0.39 is 0 Å². The first kappa shape index (κ1) is 10.5. The third-order valence-electron chi connectivity index (χ3n) is 2.21. The zero-order valence-corrected chi connectivity index (χ0v) is 8.11. The number of hydrogen-bond donors (Lipinski definition) is 1. The van der Waals surface area contributed by atoms with Crippen LogP contribution in [0, 0.1) is 5.92 Å². The van der Waals surface area contributed by atoms with Gasteiger partial charge in [-0.3, -0.25) is 0 Å². The third kappa shape index (κ3) is 4.07. The average Bonchev–Trinajstić information content (AvgIpc) is 2.05. The first-order chi connectivity index (χ1) is 5.26. The maximum absolute atomic E-state index is 3.99. The molecule has 0 saturated carbocycles. The van der Waals surface area contributed by atoms with Crippen LogP contribution >= 0.6 is 0 Å². The molecule has 66 valence electrons. The Balaban J connectivity index is 3.65. The molecule has 0 bridgehead atoms. The van der Waals surface area contributed by atoms with Crippen molar-refractivity contribution in [3.8, 4) is 0 Å². The van der Waals surface area contributed by atoms with Crippen LogP contribution in [0.2, 0.25) is 0 Å². The molecule has 0 aliphatic carbocycles. The minimum Gasteiger partial charge on any atom is -0.392 e. The molecule has 0 aromatic rings. The summed E-state index contributed by atoms with van der Waals surface area (Å²) in [7, 11) is 1.96. The molecule has 11 heavy (non-hydrogen) atoms. The summed E-state index contributed by atoms with van der Waals surface area (Å²) < 4.78 is 0. The summed E-state index contributed by atoms with van der Waals surface area (Å²) in [5.74, 6) is 0.681. The van der Waals surface area contributed by atoms with Crippen LogP contribution in [0.4, 0.5) is 0 Å². The molecular formula is C10H21N. The van der Waals surface area contributed by atoms with Crippen LogP contribution in [0.3, 0.4) is 0 Å². The molecule has 0 saturated heterocycles. The fourth-order valence-corrected chi connectivity index (χ4v) is 1.28. The van der Waals surface area contributed by atoms with Gasteiger partial charge in [-0.1, -0.05) is 33.3 Å². The predicted octanol–water partition coefficient (Wildman–Crippen LogP) is 2.94. The van der Waals surface area contributed by atoms with Crippen molar-refractivity contribution in [2.45, 2.75) is 39.5 Å². The van der Waals surface area contributed by atoms with E-state index in [9.17, 15) is 0 Å². The maximum Gasteiger partial charge on any atom is 0.00624 e. The Kier molecular flexibility index (Phi) is 6.00. The van der Waals surface area contributed by atoms with Gasteiger partial charge in [0.05, 0.1) is 0 Å². The highest BCUT2D eigenvalue weighted by atomic mass is 14.8. The number of rotatable bonds is 6. The monoisotopic (exact) mass is 155 g/mol. The van der Waals surface area contributed by atoms with E-state index >= 15 is 0 Å². The van der Waals surface area contributed by atoms with Crippen molar-refractivity contribution in [1.82, 2.24) is 5.32 Å². The second-order valence-corrected chi connectivity index (χ2v) is 3.02. The molecule has 0 spiro atoms. The van der Waals surface area contributed by atoms with E-state index in [0.29, 0.717) is 5.92 Å². The van der Waals surface area contributed by atoms with Gasteiger partial charge in [0.1, 0.15) is 0 Å². The molecule has 1 N–H and O–H groups in total. The van der Waals surface area contributed by atoms with Crippen molar-refractivity contribution in [3.63, 3.8) is 0 Å². The van der Waals surface area contributed by atoms with Crippen molar-refractivity contribution in [1.29, 1.82) is 0 Å². The van der Waals surface area contributed by atoms with E-state index in [1.165, 1.54) is 31.4 Å². The lowest BCUT2D eigenvalue weighted by Gasteiger charge is -2.16. The summed E-state index contributed by atoms with van der Waals surface area (Å²) in [6.07, 6.45) is 5.10. The Labute approximate surface area is 70.9 Å². The second-order valence-electron chi connectivity index (χ2n) is 3.02. The summed E-state index contributed by atoms with van der Waals surface area (Å²) in [5.41, 5.74) is 1.20. The van der Waals surface area contributed by atoms with Crippen LogP contribution in [-0.4, -0.2) is 7.05 Å². The van der Waals surface area contributed by atoms with Crippen LogP contribution in [0.15, 0.2) is 12.3 Å². The molecule has 1 unspecified atom stereocenters. The second kappa shape index (κ2) is 6.26. The Morgan fingerprint density at radius 3 is 2.45 bits per heavy atom. The number of nitrogens with one attached hydrogen (secondary N) is 1. The van der Waals surface area contributed by atoms with Crippen molar-refractivity contribution in [3.05, 3.63) is 12.3 Å². The highest BCUT2D eigenvalue weighted by Crippen LogP contribution is 2.17. The van der Waals surface area contributed by atoms with Gasteiger partial charge in [0.2, 0.25) is 0 Å². The van der Waals surface area contributed by atoms with E-state index in [2.05, 4.69) is 25.7 Å². The fraction of sp³-hybridized carbons (Fsp3) is 0.800. The summed E-state index contributed by atoms with van der Waals surface area (Å²) in [6, 6.07) is 0. The lowest BCUT2D eigenvalue weighted by atomic mass is 9.96. The molecule has 0 radical (unpaired) electrons. The highest BCUT2D eigenvalue weighted by Gasteiger charge is 2.07. The molecule has 1 heteroatoms. The summed E-state index contributed by atoms with van der Waals surface area (Å²) in [4.78, 5) is 0. The van der Waals surface area contributed by atoms with E-state index in [0.717, 1.165) is 0 Å². The Bertz CT molecular complexity index is 107. The molecule has 1 nitrogen and oxygen atoms in total. The fourth-order valence-electron chi connectivity index (χ4n) is 1.28. The Hall–Kier alpha value is -0.460. The molecule has 0 aliphatic heterocycles. The lowest BCUT2D eigenvalue weighted by Crippen LogP contribution is -2.14. The van der Waals surface area contributed by atoms with Crippen molar-refractivity contribution >= 4 is 0 Å². The van der Waals surface area contributed by atoms with Crippen LogP contribution in [0.1, 0.15) is 39.5 Å². The molecule has 1 atom stereocenters. The van der Waals surface area contributed by atoms with Crippen molar-refractivity contribution in [2.24, 2.45) is 5.92 Å². The van der Waals surface area contributed by atoms with Gasteiger partial charge in [-0.05, 0) is 18.8 Å². The molecule has 0 amide bonds. The van der Waals surface area contributed by atoms with Gasteiger partial charge in [-0.2, -0.15) is 0 Å². The molecule has 0 fully saturated rings. The largest absolute Gasteiger partial charge is 0.392 e. The molecular weight excluding hydrogens is 134 g/mol. The van der Waals surface area contributed by atoms with Gasteiger partial charge < -0.3 is 5.32 Å². The minimum absolute atomic E-state index is 0.681. The zero-order valence-electron chi connectivity index (χ0n) is 8.11. The average molecular weight is 155 g/mol. The quantitative estimate of drug-likeness (QED) is 0.622. The normalized spacial score (nSPS) is 12.6. The zero-order chi connectivity index (χ0) is 8.69. The maximum atomic E-state index is 3.99. The lowest BCUT2D eigenvalue weighted by molar-refractivity contribution is 0.495. The van der Waals surface area contributed by atoms with Crippen LogP contribution in [-0.2, 0) is 0 Å². The first-order valence-corrected chi connectivity index (χ1v) is 4.62. The van der Waals surface area contributed by atoms with Gasteiger partial charge in [-0.15, -0.1) is 0 Å². The summed E-state index contributed by atoms with van der Waals surface area (Å²) in [6.45, 7) is 8.44. The number of hydrogen-bond acceptors (Lipinski definition) is 1. The molecule has 0 aromatic carbocycles. The Morgan fingerprint density at radius 2 is 2.09 bits per heavy atom. The molecule has 0 heterocycles. The van der Waals surface area contributed by atoms with Crippen LogP contribution < -0.4 is 5.32 Å². The van der Waals surface area contributed by atoms with E-state index in [1.807, 2.05) is 7.05 Å². The number of allylic oxidation sites excluding steroid dienone is 1. The molecule has 0 aliphatic rings. The minimum atomic E-state index is 0.681. The third-order valence-corrected chi connectivity index (χ3v) is 2.21. The van der Waals surface area contributed by atoms with E-state index in [-0.39, 0.29) is 0 Å². The molecule has 0 aromatic heterocycles. The standard InChI is InChI=1S/C10H21N/c1-5-7-8-10(6-2)9(3)11-4/h10-11H,3,5-8H2,1-2,4H3. The topological polar surface area (TPSA) is 12.0 Å². The van der Waals surface area contributed by atoms with Gasteiger partial charge in [0.25, 0.3) is 0 Å². The van der Waals surface area contributed by atoms with Crippen LogP contribution in [0.5, 0.6) is 0 Å². The van der Waals surface area contributed by atoms with E-state index in [4.69, 9.17) is 0 Å². The molecule has 0 rings (SSSR count). The summed E-state index contributed by atoms with van der Waals surface area (Å²) >= 11 is 0. The number of unbranched alkanes of at least 4 members (excludes halogenated alkanes) is 1. The van der Waals surface area contributed by atoms with E-state index in [1.54, 1.807) is 0 Å². The van der Waals surface area contributed by atoms with Gasteiger partial charge in [-0.25, -0.2) is 0 Å². The van der Waals surface area contributed by atoms with Crippen molar-refractivity contribution in [2.75, 3.05) is 7.05 Å². The smallest absolute Gasteiger partial charge is 0.00624 e. The predicted molar refractivity (Wildman–Crippen MR) is 51.5 cm³/mol.